The van der Waals surface area contributed by atoms with Crippen LogP contribution in [0.4, 0.5) is 0 Å². The molecule has 5 N–H and O–H groups in total. The Morgan fingerprint density at radius 3 is 1.71 bits per heavy atom. The van der Waals surface area contributed by atoms with E-state index in [-0.39, 0.29) is 0 Å². The number of hydrogen-bond donors (Lipinski definition) is 5. The van der Waals surface area contributed by atoms with Crippen LogP contribution >= 0.6 is 15.2 Å². The van der Waals surface area contributed by atoms with Crippen molar-refractivity contribution in [3.8, 4) is 0 Å². The van der Waals surface area contributed by atoms with E-state index in [2.05, 4.69) is 0 Å². The number of hydrogen-bond acceptors (Lipinski definition) is 3. The summed E-state index contributed by atoms with van der Waals surface area (Å²) in [6.07, 6.45) is 1.51. The smallest absolute Gasteiger partial charge is 0.363 e. The maximum Gasteiger partial charge on any atom is 0.363 e. The molecule has 0 aliphatic heterocycles. The summed E-state index contributed by atoms with van der Waals surface area (Å²) in [6.45, 7) is -0.769. The van der Waals surface area contributed by atoms with Crippen molar-refractivity contribution in [2.75, 3.05) is 6.61 Å². The molecule has 17 heavy (non-hydrogen) atoms. The number of nitrogens with zero attached hydrogens (tertiary/aromatic N) is 1. The molecule has 0 bridgehead atoms. The number of aliphatic hydroxyl groups is 1. The highest BCUT2D eigenvalue weighted by atomic mass is 31.2. The molecule has 0 aromatic carbocycles. The van der Waals surface area contributed by atoms with Crippen LogP contribution in [0.3, 0.4) is 0 Å². The van der Waals surface area contributed by atoms with Crippen LogP contribution in [-0.2, 0) is 14.2 Å². The van der Waals surface area contributed by atoms with E-state index in [9.17, 15) is 28.7 Å². The van der Waals surface area contributed by atoms with Gasteiger partial charge in [-0.2, -0.15) is 0 Å². The van der Waals surface area contributed by atoms with Crippen LogP contribution in [0.1, 0.15) is 6.42 Å². The van der Waals surface area contributed by atoms with Gasteiger partial charge in [-0.25, -0.2) is 0 Å². The summed E-state index contributed by atoms with van der Waals surface area (Å²) in [5.74, 6) is 0. The van der Waals surface area contributed by atoms with Crippen LogP contribution < -0.4 is 0 Å². The lowest BCUT2D eigenvalue weighted by molar-refractivity contribution is 0.217. The predicted molar refractivity (Wildman–Crippen MR) is 58.2 cm³/mol. The standard InChI is InChI=1S/C7H13NO7P2/c9-6-3-7(16(10,11)12,17(13,14)15)8-4-1-2-5-8/h1-2,4-5,9H,3,6H2,(H2,10,11,12)(H2,13,14,15). The van der Waals surface area contributed by atoms with Gasteiger partial charge in [0.05, 0.1) is 0 Å². The average molecular weight is 285 g/mol. The Balaban J connectivity index is 3.55. The molecule has 1 aromatic rings. The molecule has 0 saturated heterocycles. The SMILES string of the molecule is O=P(O)(O)C(CCO)(n1cccc1)P(=O)(O)O. The Bertz CT molecular complexity index is 437. The molecule has 0 amide bonds. The molecule has 0 fully saturated rings. The first-order valence-electron chi connectivity index (χ1n) is 4.52. The zero-order valence-corrected chi connectivity index (χ0v) is 10.4. The van der Waals surface area contributed by atoms with Crippen LogP contribution in [0, 0.1) is 0 Å². The maximum atomic E-state index is 11.5. The van der Waals surface area contributed by atoms with E-state index < -0.39 is 33.2 Å². The van der Waals surface area contributed by atoms with Crippen molar-refractivity contribution in [1.82, 2.24) is 4.57 Å². The molecule has 98 valence electrons. The van der Waals surface area contributed by atoms with Gasteiger partial charge in [0.15, 0.2) is 0 Å². The van der Waals surface area contributed by atoms with Crippen LogP contribution in [0.15, 0.2) is 24.5 Å². The Kier molecular flexibility index (Phi) is 4.01. The molecule has 0 spiro atoms. The average Bonchev–Trinajstić information content (AvgIpc) is 2.62. The molecule has 0 saturated carbocycles. The fourth-order valence-electron chi connectivity index (χ4n) is 1.61. The fraction of sp³-hybridized carbons (Fsp3) is 0.429. The second-order valence-corrected chi connectivity index (χ2v) is 7.43. The topological polar surface area (TPSA) is 140 Å². The number of rotatable bonds is 5. The molecule has 0 unspecified atom stereocenters. The van der Waals surface area contributed by atoms with Crippen molar-refractivity contribution in [3.05, 3.63) is 24.5 Å². The molecular formula is C7H13NO7P2. The molecule has 0 radical (unpaired) electrons. The minimum Gasteiger partial charge on any atom is -0.396 e. The maximum absolute atomic E-state index is 11.5. The molecule has 1 aromatic heterocycles. The third-order valence-electron chi connectivity index (χ3n) is 2.40. The van der Waals surface area contributed by atoms with Gasteiger partial charge < -0.3 is 29.2 Å². The zero-order chi connectivity index (χ0) is 13.3. The monoisotopic (exact) mass is 285 g/mol. The lowest BCUT2D eigenvalue weighted by atomic mass is 10.4. The van der Waals surface area contributed by atoms with Crippen LogP contribution in [-0.4, -0.2) is 35.9 Å². The van der Waals surface area contributed by atoms with Crippen LogP contribution in [0.5, 0.6) is 0 Å². The van der Waals surface area contributed by atoms with E-state index in [1.165, 1.54) is 12.1 Å². The summed E-state index contributed by atoms with van der Waals surface area (Å²) in [5, 5.41) is 6.08. The van der Waals surface area contributed by atoms with Gasteiger partial charge in [0.25, 0.3) is 0 Å². The van der Waals surface area contributed by atoms with E-state index in [0.717, 1.165) is 17.0 Å². The van der Waals surface area contributed by atoms with Crippen molar-refractivity contribution >= 4 is 15.2 Å². The molecule has 1 rings (SSSR count). The van der Waals surface area contributed by atoms with Crippen molar-refractivity contribution in [3.63, 3.8) is 0 Å². The summed E-state index contributed by atoms with van der Waals surface area (Å²) in [4.78, 5) is 37.0. The summed E-state index contributed by atoms with van der Waals surface area (Å²) in [6, 6.07) is 2.74. The van der Waals surface area contributed by atoms with E-state index >= 15 is 0 Å². The largest absolute Gasteiger partial charge is 0.396 e. The number of aromatic nitrogens is 1. The molecule has 10 heteroatoms. The Hall–Kier alpha value is -0.460. The van der Waals surface area contributed by atoms with E-state index in [1.807, 2.05) is 0 Å². The van der Waals surface area contributed by atoms with Gasteiger partial charge >= 0.3 is 15.2 Å². The molecule has 1 heterocycles. The second kappa shape index (κ2) is 4.66. The predicted octanol–water partition coefficient (Wildman–Crippen LogP) is -0.164. The third kappa shape index (κ3) is 2.39. The zero-order valence-electron chi connectivity index (χ0n) is 8.62. The first-order chi connectivity index (χ1) is 7.67. The first kappa shape index (κ1) is 14.6. The van der Waals surface area contributed by atoms with Gasteiger partial charge in [-0.15, -0.1) is 0 Å². The lowest BCUT2D eigenvalue weighted by Crippen LogP contribution is -2.33. The summed E-state index contributed by atoms with van der Waals surface area (Å²) >= 11 is 0. The summed E-state index contributed by atoms with van der Waals surface area (Å²) in [7, 11) is -10.4. The first-order valence-corrected chi connectivity index (χ1v) is 7.75. The lowest BCUT2D eigenvalue weighted by Gasteiger charge is -2.35. The molecule has 0 aliphatic rings. The molecule has 0 atom stereocenters. The van der Waals surface area contributed by atoms with Crippen LogP contribution in [0.25, 0.3) is 0 Å². The molecular weight excluding hydrogens is 272 g/mol. The van der Waals surface area contributed by atoms with Gasteiger partial charge in [-0.3, -0.25) is 9.13 Å². The van der Waals surface area contributed by atoms with Crippen molar-refractivity contribution in [2.45, 2.75) is 11.4 Å². The minimum absolute atomic E-state index is 0.754. The highest BCUT2D eigenvalue weighted by Gasteiger charge is 2.61. The van der Waals surface area contributed by atoms with Crippen molar-refractivity contribution in [1.29, 1.82) is 0 Å². The normalized spacial score (nSPS) is 13.9. The minimum atomic E-state index is -5.19. The molecule has 0 aliphatic carbocycles. The Morgan fingerprint density at radius 1 is 1.00 bits per heavy atom. The fourth-order valence-corrected chi connectivity index (χ4v) is 4.62. The van der Waals surface area contributed by atoms with Gasteiger partial charge in [-0.05, 0) is 12.1 Å². The van der Waals surface area contributed by atoms with Crippen molar-refractivity contribution < 1.29 is 33.8 Å². The second-order valence-electron chi connectivity index (χ2n) is 3.43. The van der Waals surface area contributed by atoms with Gasteiger partial charge in [-0.1, -0.05) is 0 Å². The summed E-state index contributed by atoms with van der Waals surface area (Å²) < 4.78 is 23.7. The third-order valence-corrected chi connectivity index (χ3v) is 6.74. The molecule has 8 nitrogen and oxygen atoms in total. The van der Waals surface area contributed by atoms with E-state index in [0.29, 0.717) is 0 Å². The van der Waals surface area contributed by atoms with Gasteiger partial charge in [0.1, 0.15) is 0 Å². The van der Waals surface area contributed by atoms with Gasteiger partial charge in [0.2, 0.25) is 5.02 Å². The highest BCUT2D eigenvalue weighted by molar-refractivity contribution is 7.71. The quantitative estimate of drug-likeness (QED) is 0.473. The van der Waals surface area contributed by atoms with Crippen LogP contribution in [0.2, 0.25) is 0 Å². The number of aliphatic hydroxyl groups excluding tert-OH is 1. The van der Waals surface area contributed by atoms with Crippen molar-refractivity contribution in [2.24, 2.45) is 0 Å². The van der Waals surface area contributed by atoms with E-state index in [4.69, 9.17) is 5.11 Å². The van der Waals surface area contributed by atoms with Gasteiger partial charge in [0, 0.05) is 25.4 Å². The highest BCUT2D eigenvalue weighted by Crippen LogP contribution is 2.73. The Morgan fingerprint density at radius 2 is 1.41 bits per heavy atom. The summed E-state index contributed by atoms with van der Waals surface area (Å²) in [5.41, 5.74) is 0. The Labute approximate surface area is 96.8 Å². The van der Waals surface area contributed by atoms with E-state index in [1.54, 1.807) is 0 Å².